The van der Waals surface area contributed by atoms with Crippen molar-refractivity contribution in [2.45, 2.75) is 39.3 Å². The van der Waals surface area contributed by atoms with Crippen LogP contribution in [0.1, 0.15) is 32.3 Å². The number of nitrogens with zero attached hydrogens (tertiary/aromatic N) is 1. The topological polar surface area (TPSA) is 15.3 Å². The molecular weight excluding hydrogens is 300 g/mol. The zero-order valence-electron chi connectivity index (χ0n) is 12.0. The van der Waals surface area contributed by atoms with E-state index < -0.39 is 0 Å². The molecule has 0 aromatic heterocycles. The second-order valence-electron chi connectivity index (χ2n) is 5.59. The number of hydrogen-bond donors (Lipinski definition) is 1. The Morgan fingerprint density at radius 1 is 1.37 bits per heavy atom. The largest absolute Gasteiger partial charge is 0.310 e. The fourth-order valence-electron chi connectivity index (χ4n) is 2.83. The Hall–Kier alpha value is -0.380. The van der Waals surface area contributed by atoms with Gasteiger partial charge in [-0.25, -0.2) is 0 Å². The van der Waals surface area contributed by atoms with Gasteiger partial charge in [0.25, 0.3) is 0 Å². The molecular formula is C16H25BrN2. The van der Waals surface area contributed by atoms with Crippen molar-refractivity contribution < 1.29 is 0 Å². The maximum absolute atomic E-state index is 3.69. The minimum atomic E-state index is 0.595. The fraction of sp³-hybridized carbons (Fsp3) is 0.625. The molecule has 2 atom stereocenters. The number of benzene rings is 1. The van der Waals surface area contributed by atoms with Gasteiger partial charge < -0.3 is 10.2 Å². The molecule has 2 rings (SSSR count). The van der Waals surface area contributed by atoms with Crippen molar-refractivity contribution in [1.29, 1.82) is 0 Å². The van der Waals surface area contributed by atoms with Crippen molar-refractivity contribution in [2.75, 3.05) is 19.6 Å². The van der Waals surface area contributed by atoms with Crippen molar-refractivity contribution in [2.24, 2.45) is 5.92 Å². The zero-order chi connectivity index (χ0) is 13.7. The first-order valence-electron chi connectivity index (χ1n) is 7.39. The summed E-state index contributed by atoms with van der Waals surface area (Å²) in [7, 11) is 0. The van der Waals surface area contributed by atoms with Crippen LogP contribution in [-0.2, 0) is 6.54 Å². The minimum absolute atomic E-state index is 0.595. The van der Waals surface area contributed by atoms with E-state index >= 15 is 0 Å². The zero-order valence-corrected chi connectivity index (χ0v) is 13.6. The predicted octanol–water partition coefficient (Wildman–Crippen LogP) is 3.66. The summed E-state index contributed by atoms with van der Waals surface area (Å²) in [5.74, 6) is 0.796. The first-order chi connectivity index (χ1) is 9.19. The molecule has 0 bridgehead atoms. The third-order valence-electron chi connectivity index (χ3n) is 4.24. The maximum Gasteiger partial charge on any atom is 0.0208 e. The first kappa shape index (κ1) is 15.0. The lowest BCUT2D eigenvalue weighted by Gasteiger charge is -2.35. The van der Waals surface area contributed by atoms with Gasteiger partial charge >= 0.3 is 0 Å². The molecule has 1 aromatic rings. The van der Waals surface area contributed by atoms with Crippen LogP contribution >= 0.6 is 15.9 Å². The van der Waals surface area contributed by atoms with Crippen molar-refractivity contribution in [3.63, 3.8) is 0 Å². The third-order valence-corrected chi connectivity index (χ3v) is 4.77. The smallest absolute Gasteiger partial charge is 0.0208 e. The molecule has 1 N–H and O–H groups in total. The van der Waals surface area contributed by atoms with Crippen LogP contribution in [0.5, 0.6) is 0 Å². The average Bonchev–Trinajstić information content (AvgIpc) is 2.46. The van der Waals surface area contributed by atoms with E-state index in [4.69, 9.17) is 0 Å². The molecule has 0 amide bonds. The lowest BCUT2D eigenvalue weighted by molar-refractivity contribution is 0.157. The first-order valence-corrected chi connectivity index (χ1v) is 8.18. The molecule has 3 heteroatoms. The second-order valence-corrected chi connectivity index (χ2v) is 6.51. The normalized spacial score (nSPS) is 22.4. The molecule has 0 radical (unpaired) electrons. The summed E-state index contributed by atoms with van der Waals surface area (Å²) < 4.78 is 1.15. The van der Waals surface area contributed by atoms with Crippen molar-refractivity contribution in [3.8, 4) is 0 Å². The van der Waals surface area contributed by atoms with Gasteiger partial charge in [-0.05, 0) is 56.5 Å². The molecule has 0 spiro atoms. The number of likely N-dealkylation sites (tertiary alicyclic amines) is 1. The molecule has 1 fully saturated rings. The molecule has 106 valence electrons. The molecule has 2 unspecified atom stereocenters. The summed E-state index contributed by atoms with van der Waals surface area (Å²) in [5, 5.41) is 3.69. The summed E-state index contributed by atoms with van der Waals surface area (Å²) in [6, 6.07) is 9.19. The summed E-state index contributed by atoms with van der Waals surface area (Å²) >= 11 is 3.48. The van der Waals surface area contributed by atoms with Gasteiger partial charge in [0.05, 0.1) is 0 Å². The van der Waals surface area contributed by atoms with E-state index in [0.29, 0.717) is 6.04 Å². The van der Waals surface area contributed by atoms with Gasteiger partial charge in [0.1, 0.15) is 0 Å². The maximum atomic E-state index is 3.69. The Balaban J connectivity index is 1.80. The summed E-state index contributed by atoms with van der Waals surface area (Å²) in [5.41, 5.74) is 1.36. The van der Waals surface area contributed by atoms with E-state index in [1.165, 1.54) is 38.0 Å². The van der Waals surface area contributed by atoms with E-state index in [-0.39, 0.29) is 0 Å². The van der Waals surface area contributed by atoms with Gasteiger partial charge in [0.15, 0.2) is 0 Å². The summed E-state index contributed by atoms with van der Waals surface area (Å²) in [6.45, 7) is 9.30. The molecule has 1 heterocycles. The van der Waals surface area contributed by atoms with Gasteiger partial charge in [-0.2, -0.15) is 0 Å². The summed E-state index contributed by atoms with van der Waals surface area (Å²) in [4.78, 5) is 2.58. The third kappa shape index (κ3) is 4.59. The van der Waals surface area contributed by atoms with E-state index in [9.17, 15) is 0 Å². The van der Waals surface area contributed by atoms with Gasteiger partial charge in [0, 0.05) is 23.6 Å². The van der Waals surface area contributed by atoms with Crippen LogP contribution in [0.3, 0.4) is 0 Å². The monoisotopic (exact) mass is 324 g/mol. The van der Waals surface area contributed by atoms with Crippen LogP contribution in [0.2, 0.25) is 0 Å². The highest BCUT2D eigenvalue weighted by molar-refractivity contribution is 9.10. The Bertz CT molecular complexity index is 377. The molecule has 1 aliphatic heterocycles. The number of nitrogens with one attached hydrogen (secondary N) is 1. The predicted molar refractivity (Wildman–Crippen MR) is 85.3 cm³/mol. The van der Waals surface area contributed by atoms with Crippen LogP contribution < -0.4 is 5.32 Å². The number of hydrogen-bond acceptors (Lipinski definition) is 2. The van der Waals surface area contributed by atoms with Crippen molar-refractivity contribution in [1.82, 2.24) is 10.2 Å². The second kappa shape index (κ2) is 7.41. The molecule has 19 heavy (non-hydrogen) atoms. The highest BCUT2D eigenvalue weighted by Gasteiger charge is 2.23. The Morgan fingerprint density at radius 2 is 2.11 bits per heavy atom. The van der Waals surface area contributed by atoms with E-state index in [1.807, 2.05) is 0 Å². The highest BCUT2D eigenvalue weighted by Crippen LogP contribution is 2.20. The molecule has 1 aliphatic rings. The average molecular weight is 325 g/mol. The molecule has 1 saturated heterocycles. The highest BCUT2D eigenvalue weighted by atomic mass is 79.9. The van der Waals surface area contributed by atoms with Crippen molar-refractivity contribution >= 4 is 15.9 Å². The van der Waals surface area contributed by atoms with Gasteiger partial charge in [-0.15, -0.1) is 0 Å². The fourth-order valence-corrected chi connectivity index (χ4v) is 3.10. The molecule has 1 aromatic carbocycles. The van der Waals surface area contributed by atoms with Gasteiger partial charge in [-0.1, -0.05) is 35.0 Å². The lowest BCUT2D eigenvalue weighted by Crippen LogP contribution is -2.44. The Kier molecular flexibility index (Phi) is 5.86. The quantitative estimate of drug-likeness (QED) is 0.889. The Morgan fingerprint density at radius 3 is 2.79 bits per heavy atom. The number of rotatable bonds is 5. The lowest BCUT2D eigenvalue weighted by atomic mass is 9.91. The molecule has 0 aliphatic carbocycles. The van der Waals surface area contributed by atoms with E-state index in [0.717, 1.165) is 16.9 Å². The van der Waals surface area contributed by atoms with Crippen LogP contribution in [-0.4, -0.2) is 30.6 Å². The van der Waals surface area contributed by atoms with E-state index in [1.54, 1.807) is 0 Å². The molecule has 0 saturated carbocycles. The number of piperidine rings is 1. The van der Waals surface area contributed by atoms with Gasteiger partial charge in [-0.3, -0.25) is 0 Å². The Labute approximate surface area is 125 Å². The van der Waals surface area contributed by atoms with Gasteiger partial charge in [0.2, 0.25) is 0 Å². The van der Waals surface area contributed by atoms with Crippen molar-refractivity contribution in [3.05, 3.63) is 34.3 Å². The standard InChI is InChI=1S/C16H25BrN2/c1-3-19-10-4-5-15(12-19)13(2)18-11-14-6-8-16(17)9-7-14/h6-9,13,15,18H,3-5,10-12H2,1-2H3. The minimum Gasteiger partial charge on any atom is -0.310 e. The SMILES string of the molecule is CCN1CCCC(C(C)NCc2ccc(Br)cc2)C1. The number of halogens is 1. The molecule has 2 nitrogen and oxygen atoms in total. The van der Waals surface area contributed by atoms with Crippen LogP contribution in [0.4, 0.5) is 0 Å². The van der Waals surface area contributed by atoms with Crippen LogP contribution in [0, 0.1) is 5.92 Å². The van der Waals surface area contributed by atoms with E-state index in [2.05, 4.69) is 64.3 Å². The van der Waals surface area contributed by atoms with Crippen LogP contribution in [0.25, 0.3) is 0 Å². The van der Waals surface area contributed by atoms with Crippen LogP contribution in [0.15, 0.2) is 28.7 Å². The summed E-state index contributed by atoms with van der Waals surface area (Å²) in [6.07, 6.45) is 2.72.